The third-order valence-electron chi connectivity index (χ3n) is 3.11. The van der Waals surface area contributed by atoms with Crippen LogP contribution in [0.3, 0.4) is 0 Å². The molecule has 0 aliphatic heterocycles. The lowest BCUT2D eigenvalue weighted by molar-refractivity contribution is 0.710. The number of halogens is 2. The van der Waals surface area contributed by atoms with Crippen molar-refractivity contribution in [2.24, 2.45) is 5.73 Å². The van der Waals surface area contributed by atoms with Crippen LogP contribution in [-0.2, 0) is 6.42 Å². The van der Waals surface area contributed by atoms with E-state index in [1.807, 2.05) is 32.0 Å². The Morgan fingerprint density at radius 1 is 1.16 bits per heavy atom. The first-order valence-corrected chi connectivity index (χ1v) is 6.86. The summed E-state index contributed by atoms with van der Waals surface area (Å²) in [4.78, 5) is 4.44. The molecule has 2 nitrogen and oxygen atoms in total. The van der Waals surface area contributed by atoms with E-state index in [1.165, 1.54) is 0 Å². The number of nitrogens with two attached hydrogens (primary N) is 1. The molecule has 0 fully saturated rings. The van der Waals surface area contributed by atoms with Crippen molar-refractivity contribution in [3.05, 3.63) is 62.9 Å². The molecule has 0 amide bonds. The van der Waals surface area contributed by atoms with Crippen molar-refractivity contribution < 1.29 is 0 Å². The molecule has 0 saturated carbocycles. The normalized spacial score (nSPS) is 12.5. The summed E-state index contributed by atoms with van der Waals surface area (Å²) >= 11 is 12.1. The van der Waals surface area contributed by atoms with Gasteiger partial charge in [-0.15, -0.1) is 0 Å². The predicted octanol–water partition coefficient (Wildman–Crippen LogP) is 4.25. The van der Waals surface area contributed by atoms with Crippen molar-refractivity contribution in [3.8, 4) is 0 Å². The van der Waals surface area contributed by atoms with E-state index >= 15 is 0 Å². The molecular formula is C15H16Cl2N2. The number of hydrogen-bond donors (Lipinski definition) is 1. The Bertz CT molecular complexity index is 597. The van der Waals surface area contributed by atoms with E-state index in [2.05, 4.69) is 4.98 Å². The highest BCUT2D eigenvalue weighted by atomic mass is 35.5. The van der Waals surface area contributed by atoms with Gasteiger partial charge in [-0.3, -0.25) is 4.98 Å². The molecule has 0 aliphatic rings. The molecule has 2 N–H and O–H groups in total. The van der Waals surface area contributed by atoms with E-state index in [0.29, 0.717) is 16.5 Å². The lowest BCUT2D eigenvalue weighted by Crippen LogP contribution is -2.15. The van der Waals surface area contributed by atoms with Crippen LogP contribution in [0.2, 0.25) is 10.0 Å². The zero-order chi connectivity index (χ0) is 14.0. The second-order valence-corrected chi connectivity index (χ2v) is 5.52. The van der Waals surface area contributed by atoms with Gasteiger partial charge in [0.1, 0.15) is 0 Å². The van der Waals surface area contributed by atoms with Gasteiger partial charge in [-0.2, -0.15) is 0 Å². The first-order chi connectivity index (χ1) is 8.97. The maximum Gasteiger partial charge on any atom is 0.0439 e. The van der Waals surface area contributed by atoms with Gasteiger partial charge in [0.15, 0.2) is 0 Å². The van der Waals surface area contributed by atoms with E-state index in [0.717, 1.165) is 22.5 Å². The highest BCUT2D eigenvalue weighted by Gasteiger charge is 2.13. The standard InChI is InChI=1S/C15H16Cl2N2/c1-9-3-5-13(10(2)19-9)15(18)8-11-7-12(16)4-6-14(11)17/h3-7,15H,8,18H2,1-2H3. The lowest BCUT2D eigenvalue weighted by atomic mass is 9.98. The third kappa shape index (κ3) is 3.47. The lowest BCUT2D eigenvalue weighted by Gasteiger charge is -2.15. The molecule has 2 rings (SSSR count). The van der Waals surface area contributed by atoms with E-state index < -0.39 is 0 Å². The third-order valence-corrected chi connectivity index (χ3v) is 3.72. The Morgan fingerprint density at radius 3 is 2.58 bits per heavy atom. The van der Waals surface area contributed by atoms with Crippen molar-refractivity contribution in [2.75, 3.05) is 0 Å². The Balaban J connectivity index is 2.25. The van der Waals surface area contributed by atoms with Crippen LogP contribution in [0.4, 0.5) is 0 Å². The van der Waals surface area contributed by atoms with Crippen LogP contribution >= 0.6 is 23.2 Å². The molecule has 2 aromatic rings. The molecule has 1 unspecified atom stereocenters. The maximum atomic E-state index is 6.26. The van der Waals surface area contributed by atoms with Crippen molar-refractivity contribution >= 4 is 23.2 Å². The fraction of sp³-hybridized carbons (Fsp3) is 0.267. The number of rotatable bonds is 3. The smallest absolute Gasteiger partial charge is 0.0439 e. The van der Waals surface area contributed by atoms with Crippen LogP contribution in [0.25, 0.3) is 0 Å². The first-order valence-electron chi connectivity index (χ1n) is 6.11. The van der Waals surface area contributed by atoms with Crippen molar-refractivity contribution in [1.82, 2.24) is 4.98 Å². The summed E-state index contributed by atoms with van der Waals surface area (Å²) in [6.07, 6.45) is 0.644. The van der Waals surface area contributed by atoms with Gasteiger partial charge >= 0.3 is 0 Å². The largest absolute Gasteiger partial charge is 0.324 e. The van der Waals surface area contributed by atoms with Gasteiger partial charge in [0.05, 0.1) is 0 Å². The van der Waals surface area contributed by atoms with Crippen LogP contribution in [0, 0.1) is 13.8 Å². The molecule has 0 bridgehead atoms. The number of hydrogen-bond acceptors (Lipinski definition) is 2. The van der Waals surface area contributed by atoms with E-state index in [1.54, 1.807) is 12.1 Å². The van der Waals surface area contributed by atoms with Crippen LogP contribution < -0.4 is 5.73 Å². The van der Waals surface area contributed by atoms with Crippen molar-refractivity contribution in [2.45, 2.75) is 26.3 Å². The molecule has 1 heterocycles. The zero-order valence-electron chi connectivity index (χ0n) is 11.0. The number of aryl methyl sites for hydroxylation is 2. The monoisotopic (exact) mass is 294 g/mol. The Hall–Kier alpha value is -1.09. The molecule has 0 aliphatic carbocycles. The topological polar surface area (TPSA) is 38.9 Å². The highest BCUT2D eigenvalue weighted by molar-refractivity contribution is 6.33. The Morgan fingerprint density at radius 2 is 1.89 bits per heavy atom. The van der Waals surface area contributed by atoms with Gasteiger partial charge in [0.25, 0.3) is 0 Å². The maximum absolute atomic E-state index is 6.26. The molecule has 0 saturated heterocycles. The average Bonchev–Trinajstić information content (AvgIpc) is 2.33. The number of nitrogens with zero attached hydrogens (tertiary/aromatic N) is 1. The zero-order valence-corrected chi connectivity index (χ0v) is 12.5. The number of aromatic nitrogens is 1. The van der Waals surface area contributed by atoms with E-state index in [9.17, 15) is 0 Å². The Labute approximate surface area is 123 Å². The minimum Gasteiger partial charge on any atom is -0.324 e. The second kappa shape index (κ2) is 5.91. The average molecular weight is 295 g/mol. The Kier molecular flexibility index (Phi) is 4.46. The van der Waals surface area contributed by atoms with Crippen molar-refractivity contribution in [1.29, 1.82) is 0 Å². The van der Waals surface area contributed by atoms with E-state index in [-0.39, 0.29) is 6.04 Å². The van der Waals surface area contributed by atoms with Gasteiger partial charge in [-0.1, -0.05) is 29.3 Å². The first kappa shape index (κ1) is 14.3. The van der Waals surface area contributed by atoms with E-state index in [4.69, 9.17) is 28.9 Å². The van der Waals surface area contributed by atoms with Gasteiger partial charge in [0, 0.05) is 27.5 Å². The number of pyridine rings is 1. The molecule has 100 valence electrons. The molecule has 19 heavy (non-hydrogen) atoms. The number of benzene rings is 1. The summed E-state index contributed by atoms with van der Waals surface area (Å²) in [5.74, 6) is 0. The highest BCUT2D eigenvalue weighted by Crippen LogP contribution is 2.26. The van der Waals surface area contributed by atoms with Crippen LogP contribution in [0.15, 0.2) is 30.3 Å². The SMILES string of the molecule is Cc1ccc(C(N)Cc2cc(Cl)ccc2Cl)c(C)n1. The molecule has 1 atom stereocenters. The summed E-state index contributed by atoms with van der Waals surface area (Å²) in [5.41, 5.74) is 10.2. The van der Waals surface area contributed by atoms with Crippen LogP contribution in [0.5, 0.6) is 0 Å². The van der Waals surface area contributed by atoms with Gasteiger partial charge in [-0.25, -0.2) is 0 Å². The minimum absolute atomic E-state index is 0.135. The molecule has 1 aromatic carbocycles. The fourth-order valence-corrected chi connectivity index (χ4v) is 2.53. The van der Waals surface area contributed by atoms with Crippen LogP contribution in [-0.4, -0.2) is 4.98 Å². The van der Waals surface area contributed by atoms with Gasteiger partial charge in [0.2, 0.25) is 0 Å². The molecule has 1 aromatic heterocycles. The minimum atomic E-state index is -0.135. The predicted molar refractivity (Wildman–Crippen MR) is 80.8 cm³/mol. The summed E-state index contributed by atoms with van der Waals surface area (Å²) < 4.78 is 0. The van der Waals surface area contributed by atoms with Gasteiger partial charge < -0.3 is 5.73 Å². The summed E-state index contributed by atoms with van der Waals surface area (Å²) in [5, 5.41) is 1.36. The summed E-state index contributed by atoms with van der Waals surface area (Å²) in [7, 11) is 0. The second-order valence-electron chi connectivity index (χ2n) is 4.67. The fourth-order valence-electron chi connectivity index (χ4n) is 2.14. The van der Waals surface area contributed by atoms with Crippen molar-refractivity contribution in [3.63, 3.8) is 0 Å². The molecular weight excluding hydrogens is 279 g/mol. The molecule has 0 spiro atoms. The van der Waals surface area contributed by atoms with Gasteiger partial charge in [-0.05, 0) is 55.7 Å². The summed E-state index contributed by atoms with van der Waals surface area (Å²) in [6, 6.07) is 9.30. The molecule has 0 radical (unpaired) electrons. The molecule has 4 heteroatoms. The van der Waals surface area contributed by atoms with Crippen LogP contribution in [0.1, 0.15) is 28.6 Å². The quantitative estimate of drug-likeness (QED) is 0.919. The summed E-state index contributed by atoms with van der Waals surface area (Å²) in [6.45, 7) is 3.94.